The number of nitrogens with zero attached hydrogens (tertiary/aromatic N) is 2. The number of aromatic hydroxyl groups is 1. The predicted octanol–water partition coefficient (Wildman–Crippen LogP) is 6.94. The Hall–Kier alpha value is -4.51. The molecule has 8 nitrogen and oxygen atoms in total. The van der Waals surface area contributed by atoms with Crippen molar-refractivity contribution in [1.29, 1.82) is 0 Å². The topological polar surface area (TPSA) is 104 Å². The molecule has 8 rings (SSSR count). The quantitative estimate of drug-likeness (QED) is 0.126. The van der Waals surface area contributed by atoms with Crippen molar-refractivity contribution >= 4 is 63.9 Å². The van der Waals surface area contributed by atoms with Gasteiger partial charge in [0.2, 0.25) is 11.8 Å². The number of likely N-dealkylation sites (tertiary alicyclic amines) is 1. The minimum Gasteiger partial charge on any atom is -0.508 e. The standard InChI is InChI=1S/C38H29Cl2FN2O6S/c39-37-18-29-26(14-15-28-31(29)34(46)42(33(28)45)19-25-7-4-16-50-25)32(27-13-12-24(17-30(27)44)49-20-21-5-2-1-3-6-21)38(37,40)36(48)43(35(37)47)23-10-8-22(41)9-11-23/h1-14,16-17,28-29,31-32,44H,15,18-20H2. The highest BCUT2D eigenvalue weighted by molar-refractivity contribution is 7.09. The van der Waals surface area contributed by atoms with Crippen LogP contribution in [0.2, 0.25) is 0 Å². The number of phenols is 1. The van der Waals surface area contributed by atoms with Crippen molar-refractivity contribution < 1.29 is 33.4 Å². The van der Waals surface area contributed by atoms with Gasteiger partial charge in [-0.25, -0.2) is 9.29 Å². The molecule has 50 heavy (non-hydrogen) atoms. The molecule has 2 aliphatic heterocycles. The van der Waals surface area contributed by atoms with Gasteiger partial charge in [0.1, 0.15) is 23.9 Å². The molecule has 6 unspecified atom stereocenters. The van der Waals surface area contributed by atoms with Crippen LogP contribution < -0.4 is 9.64 Å². The van der Waals surface area contributed by atoms with Crippen LogP contribution in [0.15, 0.2) is 102 Å². The Morgan fingerprint density at radius 2 is 1.66 bits per heavy atom. The molecule has 1 saturated carbocycles. The number of ether oxygens (including phenoxy) is 1. The summed E-state index contributed by atoms with van der Waals surface area (Å²) in [4.78, 5) is 55.6. The molecule has 6 atom stereocenters. The van der Waals surface area contributed by atoms with E-state index in [4.69, 9.17) is 27.9 Å². The zero-order valence-electron chi connectivity index (χ0n) is 26.3. The second-order valence-corrected chi connectivity index (χ2v) is 15.4. The molecule has 12 heteroatoms. The number of amides is 4. The molecule has 4 aliphatic rings. The summed E-state index contributed by atoms with van der Waals surface area (Å²) in [6, 6.07) is 22.6. The van der Waals surface area contributed by atoms with Gasteiger partial charge in [0.25, 0.3) is 11.8 Å². The normalized spacial score (nSPS) is 28.7. The zero-order chi connectivity index (χ0) is 34.9. The van der Waals surface area contributed by atoms with E-state index in [0.717, 1.165) is 27.5 Å². The van der Waals surface area contributed by atoms with Crippen molar-refractivity contribution in [3.63, 3.8) is 0 Å². The first-order chi connectivity index (χ1) is 24.0. The van der Waals surface area contributed by atoms with Crippen LogP contribution in [0.1, 0.15) is 34.8 Å². The van der Waals surface area contributed by atoms with Crippen molar-refractivity contribution in [2.75, 3.05) is 4.90 Å². The van der Waals surface area contributed by atoms with Crippen LogP contribution in [0.5, 0.6) is 11.5 Å². The van der Waals surface area contributed by atoms with Crippen LogP contribution in [0.25, 0.3) is 0 Å². The molecule has 3 fully saturated rings. The van der Waals surface area contributed by atoms with Gasteiger partial charge in [-0.3, -0.25) is 24.1 Å². The molecule has 4 amide bonds. The smallest absolute Gasteiger partial charge is 0.258 e. The lowest BCUT2D eigenvalue weighted by Gasteiger charge is -2.50. The number of imide groups is 2. The van der Waals surface area contributed by atoms with Gasteiger partial charge in [0.15, 0.2) is 9.75 Å². The van der Waals surface area contributed by atoms with E-state index in [2.05, 4.69) is 0 Å². The SMILES string of the molecule is O=C1C2CC=C3C(CC4(Cl)C(=O)N(c5ccc(F)cc5)C(=O)C4(Cl)C3c3ccc(OCc4ccccc4)cc3O)C2C(=O)N1Cc1cccs1. The number of hydrogen-bond donors (Lipinski definition) is 1. The first-order valence-corrected chi connectivity index (χ1v) is 17.8. The van der Waals surface area contributed by atoms with Gasteiger partial charge in [0.05, 0.1) is 24.1 Å². The Labute approximate surface area is 300 Å². The lowest BCUT2D eigenvalue weighted by atomic mass is 9.56. The largest absolute Gasteiger partial charge is 0.508 e. The molecule has 1 aromatic heterocycles. The summed E-state index contributed by atoms with van der Waals surface area (Å²) in [7, 11) is 0. The Kier molecular flexibility index (Phi) is 7.89. The molecule has 4 aromatic rings. The Morgan fingerprint density at radius 1 is 0.900 bits per heavy atom. The van der Waals surface area contributed by atoms with Gasteiger partial charge in [0, 0.05) is 22.4 Å². The number of alkyl halides is 2. The summed E-state index contributed by atoms with van der Waals surface area (Å²) in [6.07, 6.45) is 1.80. The molecule has 1 N–H and O–H groups in total. The van der Waals surface area contributed by atoms with Crippen LogP contribution in [-0.2, 0) is 32.3 Å². The molecule has 2 aliphatic carbocycles. The Balaban J connectivity index is 1.23. The first-order valence-electron chi connectivity index (χ1n) is 16.1. The Bertz CT molecular complexity index is 2080. The fourth-order valence-corrected chi connectivity index (χ4v) is 9.74. The van der Waals surface area contributed by atoms with Crippen LogP contribution in [0, 0.1) is 23.6 Å². The maximum atomic E-state index is 14.6. The molecule has 254 valence electrons. The maximum Gasteiger partial charge on any atom is 0.258 e. The third kappa shape index (κ3) is 4.83. The van der Waals surface area contributed by atoms with Crippen LogP contribution in [0.3, 0.4) is 0 Å². The van der Waals surface area contributed by atoms with Gasteiger partial charge in [-0.05, 0) is 66.1 Å². The fraction of sp³-hybridized carbons (Fsp3) is 0.263. The highest BCUT2D eigenvalue weighted by atomic mass is 35.5. The van der Waals surface area contributed by atoms with Crippen molar-refractivity contribution in [2.45, 2.75) is 41.7 Å². The monoisotopic (exact) mass is 730 g/mol. The number of benzene rings is 3. The molecule has 0 bridgehead atoms. The summed E-state index contributed by atoms with van der Waals surface area (Å²) in [6.45, 7) is 0.363. The van der Waals surface area contributed by atoms with Crippen molar-refractivity contribution in [2.24, 2.45) is 17.8 Å². The van der Waals surface area contributed by atoms with Gasteiger partial charge in [-0.15, -0.1) is 34.5 Å². The van der Waals surface area contributed by atoms with Gasteiger partial charge in [-0.1, -0.05) is 54.1 Å². The second kappa shape index (κ2) is 12.1. The number of allylic oxidation sites excluding steroid dienone is 2. The number of hydrogen-bond acceptors (Lipinski definition) is 7. The predicted molar refractivity (Wildman–Crippen MR) is 185 cm³/mol. The van der Waals surface area contributed by atoms with E-state index in [1.54, 1.807) is 12.1 Å². The molecule has 3 heterocycles. The van der Waals surface area contributed by atoms with Gasteiger partial charge < -0.3 is 9.84 Å². The molecule has 0 spiro atoms. The number of carbonyl (C=O) groups is 4. The van der Waals surface area contributed by atoms with E-state index in [9.17, 15) is 28.7 Å². The fourth-order valence-electron chi connectivity index (χ4n) is 8.12. The van der Waals surface area contributed by atoms with E-state index < -0.39 is 51.1 Å². The molecule has 0 radical (unpaired) electrons. The summed E-state index contributed by atoms with van der Waals surface area (Å²) in [5.74, 6) is -6.32. The first kappa shape index (κ1) is 32.7. The Morgan fingerprint density at radius 3 is 2.36 bits per heavy atom. The molecule has 3 aromatic carbocycles. The van der Waals surface area contributed by atoms with Gasteiger partial charge in [-0.2, -0.15) is 0 Å². The van der Waals surface area contributed by atoms with Crippen molar-refractivity contribution in [3.8, 4) is 11.5 Å². The van der Waals surface area contributed by atoms with Crippen LogP contribution >= 0.6 is 34.5 Å². The highest BCUT2D eigenvalue weighted by Crippen LogP contribution is 2.66. The number of fused-ring (bicyclic) bond motifs is 4. The minimum absolute atomic E-state index is 0.0764. The highest BCUT2D eigenvalue weighted by Gasteiger charge is 2.76. The van der Waals surface area contributed by atoms with E-state index >= 15 is 0 Å². The average molecular weight is 732 g/mol. The summed E-state index contributed by atoms with van der Waals surface area (Å²) in [5.41, 5.74) is 1.75. The second-order valence-electron chi connectivity index (χ2n) is 13.1. The van der Waals surface area contributed by atoms with Gasteiger partial charge >= 0.3 is 0 Å². The number of phenolic OH excluding ortho intramolecular Hbond substituents is 1. The average Bonchev–Trinajstić information content (AvgIpc) is 3.76. The van der Waals surface area contributed by atoms with Crippen molar-refractivity contribution in [3.05, 3.63) is 124 Å². The number of thiophene rings is 1. The van der Waals surface area contributed by atoms with E-state index in [0.29, 0.717) is 11.3 Å². The minimum atomic E-state index is -2.17. The molecule has 2 saturated heterocycles. The number of carbonyl (C=O) groups excluding carboxylic acids is 4. The molecular weight excluding hydrogens is 702 g/mol. The number of rotatable bonds is 7. The van der Waals surface area contributed by atoms with Crippen LogP contribution in [-0.4, -0.2) is 43.4 Å². The summed E-state index contributed by atoms with van der Waals surface area (Å²) in [5, 5.41) is 13.5. The lowest BCUT2D eigenvalue weighted by molar-refractivity contribution is -0.141. The van der Waals surface area contributed by atoms with E-state index in [1.165, 1.54) is 34.4 Å². The van der Waals surface area contributed by atoms with Crippen LogP contribution in [0.4, 0.5) is 10.1 Å². The zero-order valence-corrected chi connectivity index (χ0v) is 28.6. The van der Waals surface area contributed by atoms with Crippen molar-refractivity contribution in [1.82, 2.24) is 4.90 Å². The summed E-state index contributed by atoms with van der Waals surface area (Å²) >= 11 is 16.3. The summed E-state index contributed by atoms with van der Waals surface area (Å²) < 4.78 is 19.9. The number of anilines is 1. The lowest BCUT2D eigenvalue weighted by Crippen LogP contribution is -2.60. The molecular formula is C38H29Cl2FN2O6S. The van der Waals surface area contributed by atoms with E-state index in [1.807, 2.05) is 53.9 Å². The third-order valence-corrected chi connectivity index (χ3v) is 12.7. The van der Waals surface area contributed by atoms with E-state index in [-0.39, 0.29) is 54.8 Å². The third-order valence-electron chi connectivity index (χ3n) is 10.4. The number of halogens is 3. The maximum absolute atomic E-state index is 14.6.